The molecule has 2 rings (SSSR count). The Labute approximate surface area is 111 Å². The maximum atomic E-state index is 2.32. The number of hydrogen-bond donors (Lipinski definition) is 0. The van der Waals surface area contributed by atoms with Gasteiger partial charge in [-0.1, -0.05) is 26.3 Å². The van der Waals surface area contributed by atoms with Crippen LogP contribution in [-0.4, -0.2) is 0 Å². The van der Waals surface area contributed by atoms with Gasteiger partial charge in [-0.15, -0.1) is 40.6 Å². The van der Waals surface area contributed by atoms with E-state index in [4.69, 9.17) is 0 Å². The number of benzene rings is 1. The molecule has 0 aliphatic carbocycles. The summed E-state index contributed by atoms with van der Waals surface area (Å²) < 4.78 is 0. The van der Waals surface area contributed by atoms with Crippen LogP contribution in [0.25, 0.3) is 10.8 Å². The van der Waals surface area contributed by atoms with Crippen molar-refractivity contribution in [2.75, 3.05) is 0 Å². The molecule has 0 saturated heterocycles. The smallest absolute Gasteiger partial charge is 0 e. The maximum absolute atomic E-state index is 2.32. The zero-order valence-corrected chi connectivity index (χ0v) is 12.1. The van der Waals surface area contributed by atoms with E-state index in [1.165, 1.54) is 28.3 Å². The van der Waals surface area contributed by atoms with Crippen LogP contribution in [-0.2, 0) is 32.6 Å². The van der Waals surface area contributed by atoms with Gasteiger partial charge in [0.15, 0.2) is 0 Å². The first-order valence-corrected chi connectivity index (χ1v) is 5.31. The van der Waals surface area contributed by atoms with Crippen molar-refractivity contribution in [2.45, 2.75) is 27.2 Å². The Hall–Kier alpha value is -0.287. The first kappa shape index (κ1) is 12.8. The van der Waals surface area contributed by atoms with Gasteiger partial charge >= 0.3 is 0 Å². The van der Waals surface area contributed by atoms with E-state index in [9.17, 15) is 0 Å². The molecule has 0 aliphatic rings. The van der Waals surface area contributed by atoms with Crippen LogP contribution in [0.1, 0.15) is 25.0 Å². The van der Waals surface area contributed by atoms with Crippen LogP contribution in [0.2, 0.25) is 0 Å². The largest absolute Gasteiger partial charge is 0.165 e. The van der Waals surface area contributed by atoms with Crippen LogP contribution >= 0.6 is 0 Å². The van der Waals surface area contributed by atoms with Gasteiger partial charge in [0.05, 0.1) is 0 Å². The Morgan fingerprint density at radius 1 is 1.20 bits per heavy atom. The van der Waals surface area contributed by atoms with Crippen molar-refractivity contribution < 1.29 is 26.2 Å². The third-order valence-corrected chi connectivity index (χ3v) is 2.56. The molecular weight excluding hydrogens is 259 g/mol. The molecule has 0 spiro atoms. The van der Waals surface area contributed by atoms with Crippen LogP contribution in [0, 0.1) is 12.8 Å². The van der Waals surface area contributed by atoms with Gasteiger partial charge in [0.1, 0.15) is 0 Å². The Bertz CT molecular complexity index is 438. The summed E-state index contributed by atoms with van der Waals surface area (Å²) in [5, 5.41) is 2.76. The minimum Gasteiger partial charge on any atom is -0.165 e. The standard InChI is InChI=1S/C14H17.Zr/c1-10(2)6-12-4-5-13-7-11(3)8-14(13)9-12;/h4-5,7-10H,6H2,1-3H3;/q-1;. The Kier molecular flexibility index (Phi) is 4.40. The molecular formula is C14H17Zr-. The molecule has 0 heterocycles. The van der Waals surface area contributed by atoms with Crippen molar-refractivity contribution in [3.63, 3.8) is 0 Å². The van der Waals surface area contributed by atoms with E-state index in [1.807, 2.05) is 0 Å². The summed E-state index contributed by atoms with van der Waals surface area (Å²) in [6.07, 6.45) is 1.18. The number of aryl methyl sites for hydroxylation is 1. The minimum atomic E-state index is 0. The summed E-state index contributed by atoms with van der Waals surface area (Å²) in [6, 6.07) is 11.3. The van der Waals surface area contributed by atoms with Crippen LogP contribution < -0.4 is 0 Å². The average molecular weight is 277 g/mol. The second-order valence-electron chi connectivity index (χ2n) is 4.59. The van der Waals surface area contributed by atoms with Gasteiger partial charge in [-0.05, 0) is 12.3 Å². The fourth-order valence-electron chi connectivity index (χ4n) is 2.01. The summed E-state index contributed by atoms with van der Waals surface area (Å²) in [5.74, 6) is 0.739. The van der Waals surface area contributed by atoms with Gasteiger partial charge in [-0.3, -0.25) is 0 Å². The van der Waals surface area contributed by atoms with Crippen molar-refractivity contribution in [1.29, 1.82) is 0 Å². The Balaban J connectivity index is 0.00000112. The van der Waals surface area contributed by atoms with Crippen LogP contribution in [0.4, 0.5) is 0 Å². The predicted octanol–water partition coefficient (Wildman–Crippen LogP) is 4.06. The van der Waals surface area contributed by atoms with Gasteiger partial charge in [0.2, 0.25) is 0 Å². The molecule has 0 atom stereocenters. The molecule has 0 aliphatic heterocycles. The van der Waals surface area contributed by atoms with Crippen molar-refractivity contribution >= 4 is 10.8 Å². The molecule has 0 bridgehead atoms. The monoisotopic (exact) mass is 275 g/mol. The first-order chi connectivity index (χ1) is 6.65. The number of rotatable bonds is 2. The Morgan fingerprint density at radius 2 is 1.93 bits per heavy atom. The molecule has 78 valence electrons. The van der Waals surface area contributed by atoms with Gasteiger partial charge in [-0.25, -0.2) is 0 Å². The van der Waals surface area contributed by atoms with Crippen LogP contribution in [0.3, 0.4) is 0 Å². The molecule has 0 nitrogen and oxygen atoms in total. The molecule has 0 unspecified atom stereocenters. The van der Waals surface area contributed by atoms with E-state index in [2.05, 4.69) is 51.1 Å². The third-order valence-electron chi connectivity index (χ3n) is 2.56. The van der Waals surface area contributed by atoms with E-state index in [0.29, 0.717) is 0 Å². The summed E-state index contributed by atoms with van der Waals surface area (Å²) >= 11 is 0. The molecule has 0 fully saturated rings. The van der Waals surface area contributed by atoms with E-state index in [1.54, 1.807) is 0 Å². The zero-order valence-electron chi connectivity index (χ0n) is 9.67. The van der Waals surface area contributed by atoms with E-state index < -0.39 is 0 Å². The van der Waals surface area contributed by atoms with Gasteiger partial charge in [0.25, 0.3) is 0 Å². The molecule has 0 radical (unpaired) electrons. The zero-order chi connectivity index (χ0) is 10.1. The normalized spacial score (nSPS) is 10.7. The van der Waals surface area contributed by atoms with Crippen LogP contribution in [0.15, 0.2) is 30.3 Å². The second-order valence-corrected chi connectivity index (χ2v) is 4.59. The second kappa shape index (κ2) is 5.17. The summed E-state index contributed by atoms with van der Waals surface area (Å²) in [4.78, 5) is 0. The van der Waals surface area contributed by atoms with E-state index in [0.717, 1.165) is 5.92 Å². The first-order valence-electron chi connectivity index (χ1n) is 5.31. The summed E-state index contributed by atoms with van der Waals surface area (Å²) in [6.45, 7) is 6.68. The minimum absolute atomic E-state index is 0. The molecule has 0 aromatic heterocycles. The predicted molar refractivity (Wildman–Crippen MR) is 62.8 cm³/mol. The summed E-state index contributed by atoms with van der Waals surface area (Å²) in [5.41, 5.74) is 2.82. The van der Waals surface area contributed by atoms with Gasteiger partial charge in [0, 0.05) is 26.2 Å². The number of hydrogen-bond acceptors (Lipinski definition) is 0. The summed E-state index contributed by atoms with van der Waals surface area (Å²) in [7, 11) is 0. The van der Waals surface area contributed by atoms with Crippen molar-refractivity contribution in [3.05, 3.63) is 41.5 Å². The molecule has 2 aromatic rings. The SMILES string of the molecule is Cc1cc2cc(CC(C)C)ccc2[cH-]1.[Zr]. The molecule has 0 saturated carbocycles. The van der Waals surface area contributed by atoms with Crippen molar-refractivity contribution in [1.82, 2.24) is 0 Å². The molecule has 0 amide bonds. The number of fused-ring (bicyclic) bond motifs is 1. The third kappa shape index (κ3) is 3.08. The average Bonchev–Trinajstić information content (AvgIpc) is 2.42. The molecule has 15 heavy (non-hydrogen) atoms. The Morgan fingerprint density at radius 3 is 2.60 bits per heavy atom. The van der Waals surface area contributed by atoms with Crippen molar-refractivity contribution in [2.24, 2.45) is 5.92 Å². The maximum Gasteiger partial charge on any atom is 0 e. The van der Waals surface area contributed by atoms with Crippen molar-refractivity contribution in [3.8, 4) is 0 Å². The fraction of sp³-hybridized carbons (Fsp3) is 0.357. The van der Waals surface area contributed by atoms with Crippen LogP contribution in [0.5, 0.6) is 0 Å². The molecule has 2 aromatic carbocycles. The quantitative estimate of drug-likeness (QED) is 0.726. The fourth-order valence-corrected chi connectivity index (χ4v) is 2.01. The van der Waals surface area contributed by atoms with Gasteiger partial charge < -0.3 is 0 Å². The molecule has 1 heteroatoms. The molecule has 0 N–H and O–H groups in total. The van der Waals surface area contributed by atoms with Gasteiger partial charge in [-0.2, -0.15) is 6.07 Å². The van der Waals surface area contributed by atoms with E-state index in [-0.39, 0.29) is 26.2 Å². The van der Waals surface area contributed by atoms with E-state index >= 15 is 0 Å². The topological polar surface area (TPSA) is 0 Å².